The Labute approximate surface area is 287 Å². The van der Waals surface area contributed by atoms with E-state index in [9.17, 15) is 5.26 Å². The summed E-state index contributed by atoms with van der Waals surface area (Å²) in [7, 11) is 0. The van der Waals surface area contributed by atoms with Crippen molar-refractivity contribution in [2.24, 2.45) is 26.4 Å². The molecule has 3 aromatic rings. The second-order valence-electron chi connectivity index (χ2n) is 11.3. The van der Waals surface area contributed by atoms with Crippen LogP contribution in [0.1, 0.15) is 50.3 Å². The molecule has 1 saturated carbocycles. The van der Waals surface area contributed by atoms with Crippen molar-refractivity contribution in [3.63, 3.8) is 0 Å². The lowest BCUT2D eigenvalue weighted by atomic mass is 9.96. The fraction of sp³-hybridized carbons (Fsp3) is 0.400. The summed E-state index contributed by atoms with van der Waals surface area (Å²) in [6.45, 7) is 6.25. The van der Waals surface area contributed by atoms with Gasteiger partial charge in [-0.15, -0.1) is 0 Å². The SMILES string of the molecule is C1COCCN1.C[C@@H](CN=CN=CN)Oc1cc(-c2cnc(N/C(C=NC3CCCCC3)=C(/N)OCc3ccccn3)nc2)ccc1C#N. The number of nitriles is 1. The molecular formula is C35H45N11O3. The predicted octanol–water partition coefficient (Wildman–Crippen LogP) is 3.96. The van der Waals surface area contributed by atoms with E-state index in [2.05, 4.69) is 41.6 Å². The van der Waals surface area contributed by atoms with Crippen molar-refractivity contribution in [1.82, 2.24) is 20.3 Å². The van der Waals surface area contributed by atoms with Crippen molar-refractivity contribution in [3.8, 4) is 22.9 Å². The Kier molecular flexibility index (Phi) is 15.4. The summed E-state index contributed by atoms with van der Waals surface area (Å²) in [5.74, 6) is 0.934. The van der Waals surface area contributed by atoms with Crippen molar-refractivity contribution >= 4 is 24.8 Å². The lowest BCUT2D eigenvalue weighted by Crippen LogP contribution is -2.30. The molecule has 14 nitrogen and oxygen atoms in total. The Hall–Kier alpha value is -5.39. The van der Waals surface area contributed by atoms with Gasteiger partial charge in [0.05, 0.1) is 49.6 Å². The standard InChI is InChI=1S/C31H36N10O2.C4H9NO/c1-22(15-35-21-36-20-33)43-29-13-23(10-11-24(29)14-32)25-16-39-31(40-17-25)41-28(18-38-26-7-3-2-4-8-26)30(34)42-19-27-9-5-6-12-37-27;1-3-6-4-2-5-1/h5-6,9-13,16-18,20-22,26H,2-4,7-8,15,19,34H2,1H3,(H2,33,35,36)(H,39,40,41);5H,1-4H2/b30-28-,38-18?;/t22-;/m0./s1. The molecular weight excluding hydrogens is 622 g/mol. The Morgan fingerprint density at radius 2 is 1.92 bits per heavy atom. The van der Waals surface area contributed by atoms with E-state index in [0.29, 0.717) is 29.5 Å². The Balaban J connectivity index is 0.000000812. The van der Waals surface area contributed by atoms with E-state index in [4.69, 9.17) is 30.7 Å². The first kappa shape index (κ1) is 36.4. The molecule has 49 heavy (non-hydrogen) atoms. The molecule has 0 unspecified atom stereocenters. The molecule has 3 heterocycles. The minimum absolute atomic E-state index is 0.167. The number of nitrogens with one attached hydrogen (secondary N) is 2. The second kappa shape index (κ2) is 20.8. The van der Waals surface area contributed by atoms with Crippen LogP contribution in [-0.4, -0.2) is 78.8 Å². The predicted molar refractivity (Wildman–Crippen MR) is 191 cm³/mol. The number of nitrogens with zero attached hydrogens (tertiary/aromatic N) is 7. The third-order valence-corrected chi connectivity index (χ3v) is 7.46. The smallest absolute Gasteiger partial charge is 0.227 e. The number of nitrogens with two attached hydrogens (primary N) is 2. The molecule has 5 rings (SSSR count). The maximum atomic E-state index is 9.57. The van der Waals surface area contributed by atoms with Crippen LogP contribution in [0.2, 0.25) is 0 Å². The second-order valence-corrected chi connectivity index (χ2v) is 11.3. The highest BCUT2D eigenvalue weighted by molar-refractivity contribution is 5.83. The average molecular weight is 668 g/mol. The molecule has 14 heteroatoms. The quantitative estimate of drug-likeness (QED) is 0.117. The molecule has 2 aliphatic rings. The normalized spacial score (nSPS) is 16.4. The Morgan fingerprint density at radius 3 is 2.57 bits per heavy atom. The van der Waals surface area contributed by atoms with E-state index in [1.165, 1.54) is 25.6 Å². The van der Waals surface area contributed by atoms with Crippen molar-refractivity contribution in [3.05, 3.63) is 77.8 Å². The molecule has 6 N–H and O–H groups in total. The maximum absolute atomic E-state index is 9.57. The number of pyridine rings is 1. The average Bonchev–Trinajstić information content (AvgIpc) is 3.16. The fourth-order valence-corrected chi connectivity index (χ4v) is 4.89. The Bertz CT molecular complexity index is 1570. The highest BCUT2D eigenvalue weighted by atomic mass is 16.5. The summed E-state index contributed by atoms with van der Waals surface area (Å²) in [5, 5.41) is 15.9. The molecule has 1 atom stereocenters. The molecule has 0 spiro atoms. The van der Waals surface area contributed by atoms with Crippen LogP contribution in [0.3, 0.4) is 0 Å². The lowest BCUT2D eigenvalue weighted by Gasteiger charge is -2.18. The molecule has 1 aliphatic heterocycles. The van der Waals surface area contributed by atoms with Crippen molar-refractivity contribution in [2.45, 2.75) is 57.8 Å². The van der Waals surface area contributed by atoms with Gasteiger partial charge in [-0.3, -0.25) is 15.0 Å². The summed E-state index contributed by atoms with van der Waals surface area (Å²) in [4.78, 5) is 25.9. The topological polar surface area (TPSA) is 203 Å². The van der Waals surface area contributed by atoms with Gasteiger partial charge in [-0.25, -0.2) is 15.0 Å². The first-order valence-electron chi connectivity index (χ1n) is 16.4. The third-order valence-electron chi connectivity index (χ3n) is 7.46. The van der Waals surface area contributed by atoms with Gasteiger partial charge >= 0.3 is 0 Å². The highest BCUT2D eigenvalue weighted by Crippen LogP contribution is 2.28. The van der Waals surface area contributed by atoms with Crippen LogP contribution in [0, 0.1) is 11.3 Å². The van der Waals surface area contributed by atoms with Gasteiger partial charge in [-0.05, 0) is 49.6 Å². The monoisotopic (exact) mass is 667 g/mol. The number of aromatic nitrogens is 3. The number of benzene rings is 1. The molecule has 1 aromatic carbocycles. The van der Waals surface area contributed by atoms with Crippen LogP contribution >= 0.6 is 0 Å². The van der Waals surface area contributed by atoms with Gasteiger partial charge in [0.15, 0.2) is 0 Å². The zero-order valence-corrected chi connectivity index (χ0v) is 27.9. The summed E-state index contributed by atoms with van der Waals surface area (Å²) < 4.78 is 16.8. The molecule has 0 radical (unpaired) electrons. The third kappa shape index (κ3) is 13.0. The van der Waals surface area contributed by atoms with Crippen molar-refractivity contribution < 1.29 is 14.2 Å². The van der Waals surface area contributed by atoms with Gasteiger partial charge in [0, 0.05) is 37.2 Å². The number of hydrogen-bond acceptors (Lipinski definition) is 12. The van der Waals surface area contributed by atoms with Crippen LogP contribution < -0.4 is 26.8 Å². The molecule has 1 saturated heterocycles. The van der Waals surface area contributed by atoms with Gasteiger partial charge in [0.1, 0.15) is 36.6 Å². The van der Waals surface area contributed by atoms with Gasteiger partial charge in [-0.2, -0.15) is 5.26 Å². The molecule has 2 aromatic heterocycles. The number of allylic oxidation sites excluding steroid dienone is 1. The van der Waals surface area contributed by atoms with Crippen LogP contribution in [0.15, 0.2) is 81.5 Å². The minimum atomic E-state index is -0.291. The van der Waals surface area contributed by atoms with Crippen LogP contribution in [0.4, 0.5) is 5.95 Å². The van der Waals surface area contributed by atoms with E-state index in [0.717, 1.165) is 62.3 Å². The van der Waals surface area contributed by atoms with Gasteiger partial charge < -0.3 is 36.3 Å². The molecule has 1 aliphatic carbocycles. The van der Waals surface area contributed by atoms with Gasteiger partial charge in [0.25, 0.3) is 0 Å². The maximum Gasteiger partial charge on any atom is 0.227 e. The van der Waals surface area contributed by atoms with Crippen LogP contribution in [0.25, 0.3) is 11.1 Å². The van der Waals surface area contributed by atoms with Crippen LogP contribution in [-0.2, 0) is 16.1 Å². The molecule has 0 bridgehead atoms. The van der Waals surface area contributed by atoms with E-state index in [-0.39, 0.29) is 24.6 Å². The van der Waals surface area contributed by atoms with E-state index in [1.54, 1.807) is 36.9 Å². The van der Waals surface area contributed by atoms with Crippen molar-refractivity contribution in [2.75, 3.05) is 38.2 Å². The van der Waals surface area contributed by atoms with Gasteiger partial charge in [-0.1, -0.05) is 31.4 Å². The zero-order chi connectivity index (χ0) is 34.5. The summed E-state index contributed by atoms with van der Waals surface area (Å²) in [6, 6.07) is 13.3. The first-order valence-corrected chi connectivity index (χ1v) is 16.4. The number of morpholine rings is 1. The number of hydrogen-bond donors (Lipinski definition) is 4. The molecule has 258 valence electrons. The number of anilines is 1. The van der Waals surface area contributed by atoms with E-state index < -0.39 is 0 Å². The zero-order valence-electron chi connectivity index (χ0n) is 27.9. The lowest BCUT2D eigenvalue weighted by molar-refractivity contribution is 0.109. The Morgan fingerprint density at radius 1 is 1.12 bits per heavy atom. The largest absolute Gasteiger partial charge is 0.487 e. The number of rotatable bonds is 13. The summed E-state index contributed by atoms with van der Waals surface area (Å²) in [6.07, 6.45) is 14.7. The highest BCUT2D eigenvalue weighted by Gasteiger charge is 2.14. The summed E-state index contributed by atoms with van der Waals surface area (Å²) >= 11 is 0. The number of ether oxygens (including phenoxy) is 3. The molecule has 0 amide bonds. The van der Waals surface area contributed by atoms with E-state index >= 15 is 0 Å². The van der Waals surface area contributed by atoms with Gasteiger partial charge in [0.2, 0.25) is 11.8 Å². The number of aliphatic imine (C=N–C) groups is 3. The fourth-order valence-electron chi connectivity index (χ4n) is 4.89. The summed E-state index contributed by atoms with van der Waals surface area (Å²) in [5.41, 5.74) is 14.7. The first-order chi connectivity index (χ1) is 24.1. The van der Waals surface area contributed by atoms with E-state index in [1.807, 2.05) is 31.2 Å². The molecule has 2 fully saturated rings. The van der Waals surface area contributed by atoms with Crippen molar-refractivity contribution in [1.29, 1.82) is 5.26 Å². The minimum Gasteiger partial charge on any atom is -0.487 e. The van der Waals surface area contributed by atoms with Crippen LogP contribution in [0.5, 0.6) is 5.75 Å².